The van der Waals surface area contributed by atoms with Gasteiger partial charge < -0.3 is 5.11 Å². The standard InChI is InChI=1S/C5H3N3O2/c6-1-4-3(5(9)10)2-7-8-4/h2H,(H,7,8)(H,9,10). The van der Waals surface area contributed by atoms with Gasteiger partial charge in [-0.05, 0) is 0 Å². The Kier molecular flexibility index (Phi) is 1.38. The normalized spacial score (nSPS) is 8.70. The maximum absolute atomic E-state index is 10.2. The summed E-state index contributed by atoms with van der Waals surface area (Å²) >= 11 is 0. The number of nitrogens with zero attached hydrogens (tertiary/aromatic N) is 2. The number of aromatic carboxylic acids is 1. The minimum Gasteiger partial charge on any atom is -0.478 e. The average Bonchev–Trinajstić information content (AvgIpc) is 2.33. The molecule has 0 aliphatic carbocycles. The molecule has 0 amide bonds. The van der Waals surface area contributed by atoms with Crippen molar-refractivity contribution in [1.29, 1.82) is 5.26 Å². The Morgan fingerprint density at radius 3 is 3.00 bits per heavy atom. The molecule has 2 N–H and O–H groups in total. The molecule has 0 aliphatic heterocycles. The van der Waals surface area contributed by atoms with Crippen molar-refractivity contribution in [1.82, 2.24) is 10.2 Å². The number of hydrogen-bond acceptors (Lipinski definition) is 3. The molecule has 0 aliphatic rings. The molecule has 1 aromatic rings. The van der Waals surface area contributed by atoms with E-state index in [-0.39, 0.29) is 11.3 Å². The van der Waals surface area contributed by atoms with Crippen LogP contribution in [0.25, 0.3) is 0 Å². The molecular weight excluding hydrogens is 134 g/mol. The lowest BCUT2D eigenvalue weighted by molar-refractivity contribution is 0.0696. The number of H-pyrrole nitrogens is 1. The van der Waals surface area contributed by atoms with E-state index in [2.05, 4.69) is 10.2 Å². The second kappa shape index (κ2) is 2.19. The number of carboxylic acid groups (broad SMARTS) is 1. The van der Waals surface area contributed by atoms with Crippen LogP contribution in [0.5, 0.6) is 0 Å². The zero-order chi connectivity index (χ0) is 7.56. The van der Waals surface area contributed by atoms with Crippen molar-refractivity contribution in [3.63, 3.8) is 0 Å². The van der Waals surface area contributed by atoms with Gasteiger partial charge in [-0.2, -0.15) is 10.4 Å². The van der Waals surface area contributed by atoms with Gasteiger partial charge in [0.2, 0.25) is 0 Å². The van der Waals surface area contributed by atoms with Crippen molar-refractivity contribution >= 4 is 5.97 Å². The lowest BCUT2D eigenvalue weighted by Gasteiger charge is -1.82. The Morgan fingerprint density at radius 1 is 1.90 bits per heavy atom. The van der Waals surface area contributed by atoms with Crippen molar-refractivity contribution in [3.05, 3.63) is 17.5 Å². The van der Waals surface area contributed by atoms with Gasteiger partial charge in [-0.3, -0.25) is 5.10 Å². The quantitative estimate of drug-likeness (QED) is 0.569. The van der Waals surface area contributed by atoms with Crippen molar-refractivity contribution in [2.24, 2.45) is 0 Å². The van der Waals surface area contributed by atoms with Gasteiger partial charge in [0.05, 0.1) is 6.20 Å². The predicted octanol–water partition coefficient (Wildman–Crippen LogP) is -0.0204. The molecule has 0 saturated heterocycles. The van der Waals surface area contributed by atoms with Gasteiger partial charge in [0, 0.05) is 0 Å². The van der Waals surface area contributed by atoms with Crippen LogP contribution in [0.15, 0.2) is 6.20 Å². The molecule has 10 heavy (non-hydrogen) atoms. The number of carboxylic acids is 1. The Labute approximate surface area is 55.9 Å². The second-order valence-electron chi connectivity index (χ2n) is 1.58. The fourth-order valence-electron chi connectivity index (χ4n) is 0.534. The molecule has 5 heteroatoms. The number of nitrogens with one attached hydrogen (secondary N) is 1. The minimum atomic E-state index is -1.15. The van der Waals surface area contributed by atoms with Crippen LogP contribution in [0.2, 0.25) is 0 Å². The van der Waals surface area contributed by atoms with E-state index in [1.165, 1.54) is 0 Å². The van der Waals surface area contributed by atoms with Gasteiger partial charge in [0.25, 0.3) is 0 Å². The maximum Gasteiger partial charge on any atom is 0.340 e. The monoisotopic (exact) mass is 137 g/mol. The van der Waals surface area contributed by atoms with Crippen molar-refractivity contribution in [3.8, 4) is 6.07 Å². The highest BCUT2D eigenvalue weighted by atomic mass is 16.4. The molecular formula is C5H3N3O2. The van der Waals surface area contributed by atoms with E-state index in [0.29, 0.717) is 0 Å². The Morgan fingerprint density at radius 2 is 2.60 bits per heavy atom. The lowest BCUT2D eigenvalue weighted by atomic mass is 10.3. The van der Waals surface area contributed by atoms with E-state index in [0.717, 1.165) is 6.20 Å². The van der Waals surface area contributed by atoms with Crippen LogP contribution in [0.3, 0.4) is 0 Å². The van der Waals surface area contributed by atoms with Crippen LogP contribution in [-0.2, 0) is 0 Å². The van der Waals surface area contributed by atoms with Gasteiger partial charge in [-0.15, -0.1) is 0 Å². The van der Waals surface area contributed by atoms with Gasteiger partial charge in [0.1, 0.15) is 17.3 Å². The predicted molar refractivity (Wildman–Crippen MR) is 30.3 cm³/mol. The summed E-state index contributed by atoms with van der Waals surface area (Å²) in [6, 6.07) is 1.66. The van der Waals surface area contributed by atoms with Crippen LogP contribution in [0.1, 0.15) is 16.1 Å². The highest BCUT2D eigenvalue weighted by molar-refractivity contribution is 5.89. The molecule has 0 fully saturated rings. The van der Waals surface area contributed by atoms with Crippen molar-refractivity contribution in [2.75, 3.05) is 0 Å². The Bertz CT molecular complexity index is 296. The summed E-state index contributed by atoms with van der Waals surface area (Å²) in [5, 5.41) is 22.3. The van der Waals surface area contributed by atoms with Gasteiger partial charge in [-0.1, -0.05) is 0 Å². The summed E-state index contributed by atoms with van der Waals surface area (Å²) in [6.45, 7) is 0. The van der Waals surface area contributed by atoms with Gasteiger partial charge >= 0.3 is 5.97 Å². The van der Waals surface area contributed by atoms with E-state index in [1.54, 1.807) is 6.07 Å². The number of hydrogen-bond donors (Lipinski definition) is 2. The SMILES string of the molecule is N#Cc1[nH]ncc1C(=O)O. The average molecular weight is 137 g/mol. The first-order chi connectivity index (χ1) is 4.75. The summed E-state index contributed by atoms with van der Waals surface area (Å²) in [7, 11) is 0. The fraction of sp³-hybridized carbons (Fsp3) is 0. The maximum atomic E-state index is 10.2. The summed E-state index contributed by atoms with van der Waals surface area (Å²) in [5.74, 6) is -1.15. The molecule has 0 unspecified atom stereocenters. The first kappa shape index (κ1) is 6.29. The molecule has 0 saturated carbocycles. The molecule has 0 bridgehead atoms. The van der Waals surface area contributed by atoms with Crippen LogP contribution >= 0.6 is 0 Å². The van der Waals surface area contributed by atoms with Crippen LogP contribution in [0.4, 0.5) is 0 Å². The molecule has 1 aromatic heterocycles. The summed E-state index contributed by atoms with van der Waals surface area (Å²) in [5.41, 5.74) is -0.116. The Balaban J connectivity index is 3.17. The second-order valence-corrected chi connectivity index (χ2v) is 1.58. The summed E-state index contributed by atoms with van der Waals surface area (Å²) in [4.78, 5) is 10.2. The minimum absolute atomic E-state index is 0.0208. The van der Waals surface area contributed by atoms with E-state index in [9.17, 15) is 4.79 Å². The molecule has 1 rings (SSSR count). The number of aromatic amines is 1. The first-order valence-corrected chi connectivity index (χ1v) is 2.42. The molecule has 0 spiro atoms. The third-order valence-electron chi connectivity index (χ3n) is 0.982. The van der Waals surface area contributed by atoms with Gasteiger partial charge in [0.15, 0.2) is 0 Å². The lowest BCUT2D eigenvalue weighted by Crippen LogP contribution is -1.96. The smallest absolute Gasteiger partial charge is 0.340 e. The highest BCUT2D eigenvalue weighted by Crippen LogP contribution is 2.00. The van der Waals surface area contributed by atoms with E-state index in [4.69, 9.17) is 10.4 Å². The van der Waals surface area contributed by atoms with Crippen molar-refractivity contribution in [2.45, 2.75) is 0 Å². The number of aromatic nitrogens is 2. The van der Waals surface area contributed by atoms with E-state index < -0.39 is 5.97 Å². The van der Waals surface area contributed by atoms with Crippen molar-refractivity contribution < 1.29 is 9.90 Å². The van der Waals surface area contributed by atoms with Crippen LogP contribution < -0.4 is 0 Å². The third kappa shape index (κ3) is 0.821. The van der Waals surface area contributed by atoms with Gasteiger partial charge in [-0.25, -0.2) is 4.79 Å². The molecule has 50 valence electrons. The zero-order valence-corrected chi connectivity index (χ0v) is 4.83. The van der Waals surface area contributed by atoms with E-state index in [1.807, 2.05) is 0 Å². The fourth-order valence-corrected chi connectivity index (χ4v) is 0.534. The van der Waals surface area contributed by atoms with E-state index >= 15 is 0 Å². The number of nitriles is 1. The zero-order valence-electron chi connectivity index (χ0n) is 4.83. The highest BCUT2D eigenvalue weighted by Gasteiger charge is 2.10. The molecule has 1 heterocycles. The third-order valence-corrected chi connectivity index (χ3v) is 0.982. The largest absolute Gasteiger partial charge is 0.478 e. The number of carbonyl (C=O) groups is 1. The Hall–Kier alpha value is -1.83. The summed E-state index contributed by atoms with van der Waals surface area (Å²) < 4.78 is 0. The molecule has 0 radical (unpaired) electrons. The number of rotatable bonds is 1. The topological polar surface area (TPSA) is 89.8 Å². The van der Waals surface area contributed by atoms with Crippen LogP contribution in [0, 0.1) is 11.3 Å². The first-order valence-electron chi connectivity index (χ1n) is 2.42. The van der Waals surface area contributed by atoms with Crippen LogP contribution in [-0.4, -0.2) is 21.3 Å². The molecule has 0 atom stereocenters. The summed E-state index contributed by atoms with van der Waals surface area (Å²) in [6.07, 6.45) is 1.10. The molecule has 5 nitrogen and oxygen atoms in total. The molecule has 0 aromatic carbocycles.